The first kappa shape index (κ1) is 20.4. The molecule has 0 aliphatic heterocycles. The number of hydrogen-bond acceptors (Lipinski definition) is 7. The van der Waals surface area contributed by atoms with Crippen LogP contribution < -0.4 is 10.0 Å². The summed E-state index contributed by atoms with van der Waals surface area (Å²) in [6, 6.07) is 14.5. The first-order chi connectivity index (χ1) is 13.8. The van der Waals surface area contributed by atoms with Gasteiger partial charge in [-0.1, -0.05) is 29.5 Å². The normalized spacial score (nSPS) is 11.0. The molecule has 0 bridgehead atoms. The van der Waals surface area contributed by atoms with E-state index >= 15 is 0 Å². The molecule has 0 aliphatic carbocycles. The highest BCUT2D eigenvalue weighted by atomic mass is 32.2. The maximum absolute atomic E-state index is 12.5. The van der Waals surface area contributed by atoms with Crippen molar-refractivity contribution in [3.05, 3.63) is 65.7 Å². The van der Waals surface area contributed by atoms with Crippen LogP contribution >= 0.6 is 11.3 Å². The lowest BCUT2D eigenvalue weighted by Crippen LogP contribution is -2.21. The zero-order valence-corrected chi connectivity index (χ0v) is 17.1. The third kappa shape index (κ3) is 4.95. The molecular weight excluding hydrogens is 414 g/mol. The van der Waals surface area contributed by atoms with Gasteiger partial charge in [-0.05, 0) is 36.4 Å². The molecule has 3 aromatic rings. The lowest BCUT2D eigenvalue weighted by Gasteiger charge is -2.11. The van der Waals surface area contributed by atoms with Crippen molar-refractivity contribution in [2.75, 3.05) is 24.1 Å². The minimum absolute atomic E-state index is 0.0613. The van der Waals surface area contributed by atoms with Gasteiger partial charge in [0.25, 0.3) is 26.2 Å². The van der Waals surface area contributed by atoms with Crippen molar-refractivity contribution in [3.63, 3.8) is 0 Å². The molecule has 1 heterocycles. The Balaban J connectivity index is 1.70. The minimum Gasteiger partial charge on any atom is -0.345 e. The Hall–Kier alpha value is -3.31. The second-order valence-electron chi connectivity index (χ2n) is 6.08. The van der Waals surface area contributed by atoms with Gasteiger partial charge in [-0.15, -0.1) is 10.2 Å². The third-order valence-corrected chi connectivity index (χ3v) is 6.27. The van der Waals surface area contributed by atoms with E-state index in [1.54, 1.807) is 44.4 Å². The number of benzene rings is 2. The number of amides is 2. The van der Waals surface area contributed by atoms with Gasteiger partial charge in [-0.25, -0.2) is 0 Å². The number of sulfonamides is 1. The predicted octanol–water partition coefficient (Wildman–Crippen LogP) is 2.29. The van der Waals surface area contributed by atoms with Crippen molar-refractivity contribution < 1.29 is 18.0 Å². The van der Waals surface area contributed by atoms with E-state index < -0.39 is 15.9 Å². The Labute approximate surface area is 171 Å². The summed E-state index contributed by atoms with van der Waals surface area (Å²) in [7, 11) is -0.739. The molecule has 11 heteroatoms. The van der Waals surface area contributed by atoms with Gasteiger partial charge < -0.3 is 4.90 Å². The second kappa shape index (κ2) is 8.37. The molecule has 1 aromatic heterocycles. The van der Waals surface area contributed by atoms with Crippen LogP contribution in [0.3, 0.4) is 0 Å². The van der Waals surface area contributed by atoms with Crippen LogP contribution in [0, 0.1) is 0 Å². The molecule has 0 spiro atoms. The van der Waals surface area contributed by atoms with Crippen LogP contribution in [0.25, 0.3) is 0 Å². The summed E-state index contributed by atoms with van der Waals surface area (Å²) >= 11 is 0.729. The van der Waals surface area contributed by atoms with E-state index in [0.29, 0.717) is 11.1 Å². The van der Waals surface area contributed by atoms with Gasteiger partial charge in [-0.2, -0.15) is 8.42 Å². The van der Waals surface area contributed by atoms with E-state index in [0.717, 1.165) is 11.3 Å². The molecule has 0 atom stereocenters. The number of hydrogen-bond donors (Lipinski definition) is 2. The van der Waals surface area contributed by atoms with E-state index in [2.05, 4.69) is 20.2 Å². The van der Waals surface area contributed by atoms with Crippen LogP contribution in [0.1, 0.15) is 20.7 Å². The van der Waals surface area contributed by atoms with Crippen molar-refractivity contribution in [1.82, 2.24) is 15.1 Å². The van der Waals surface area contributed by atoms with E-state index in [1.807, 2.05) is 0 Å². The number of aromatic nitrogens is 2. The molecule has 150 valence electrons. The van der Waals surface area contributed by atoms with Gasteiger partial charge in [0.15, 0.2) is 0 Å². The number of rotatable bonds is 6. The molecule has 9 nitrogen and oxygen atoms in total. The first-order valence-electron chi connectivity index (χ1n) is 8.31. The Kier molecular flexibility index (Phi) is 5.89. The molecule has 0 radical (unpaired) electrons. The highest BCUT2D eigenvalue weighted by Crippen LogP contribution is 2.23. The number of carbonyl (C=O) groups excluding carboxylic acids is 2. The zero-order valence-electron chi connectivity index (χ0n) is 15.5. The lowest BCUT2D eigenvalue weighted by atomic mass is 10.2. The molecule has 0 aliphatic rings. The molecule has 0 unspecified atom stereocenters. The van der Waals surface area contributed by atoms with E-state index in [4.69, 9.17) is 0 Å². The fourth-order valence-corrected chi connectivity index (χ4v) is 4.22. The van der Waals surface area contributed by atoms with Gasteiger partial charge in [0.1, 0.15) is 0 Å². The van der Waals surface area contributed by atoms with Crippen molar-refractivity contribution in [2.45, 2.75) is 4.34 Å². The summed E-state index contributed by atoms with van der Waals surface area (Å²) < 4.78 is 27.1. The highest BCUT2D eigenvalue weighted by molar-refractivity contribution is 7.94. The first-order valence-corrected chi connectivity index (χ1v) is 10.6. The van der Waals surface area contributed by atoms with Gasteiger partial charge in [0, 0.05) is 30.9 Å². The van der Waals surface area contributed by atoms with Gasteiger partial charge >= 0.3 is 0 Å². The molecule has 0 saturated carbocycles. The fourth-order valence-electron chi connectivity index (χ4n) is 2.27. The van der Waals surface area contributed by atoms with Gasteiger partial charge in [-0.3, -0.25) is 19.6 Å². The number of anilines is 2. The van der Waals surface area contributed by atoms with Crippen LogP contribution in [0.2, 0.25) is 0 Å². The van der Waals surface area contributed by atoms with Crippen molar-refractivity contribution >= 4 is 44.0 Å². The van der Waals surface area contributed by atoms with Crippen LogP contribution in [0.15, 0.2) is 58.9 Å². The third-order valence-electron chi connectivity index (χ3n) is 3.68. The topological polar surface area (TPSA) is 121 Å². The molecule has 2 aromatic carbocycles. The number of nitrogens with zero attached hydrogens (tertiary/aromatic N) is 3. The second-order valence-corrected chi connectivity index (χ2v) is 8.91. The summed E-state index contributed by atoms with van der Waals surface area (Å²) in [5.74, 6) is -0.609. The Morgan fingerprint density at radius 2 is 1.59 bits per heavy atom. The van der Waals surface area contributed by atoms with E-state index in [9.17, 15) is 18.0 Å². The van der Waals surface area contributed by atoms with Gasteiger partial charge in [0.2, 0.25) is 5.13 Å². The maximum Gasteiger partial charge on any atom is 0.291 e. The average Bonchev–Trinajstić information content (AvgIpc) is 3.18. The van der Waals surface area contributed by atoms with Crippen molar-refractivity contribution in [2.24, 2.45) is 0 Å². The van der Waals surface area contributed by atoms with Crippen LogP contribution in [0.5, 0.6) is 0 Å². The summed E-state index contributed by atoms with van der Waals surface area (Å²) in [5.41, 5.74) is 1.11. The van der Waals surface area contributed by atoms with Crippen molar-refractivity contribution in [3.8, 4) is 0 Å². The molecule has 29 heavy (non-hydrogen) atoms. The van der Waals surface area contributed by atoms with Crippen molar-refractivity contribution in [1.29, 1.82) is 0 Å². The van der Waals surface area contributed by atoms with E-state index in [-0.39, 0.29) is 21.1 Å². The Bertz CT molecular complexity index is 1130. The summed E-state index contributed by atoms with van der Waals surface area (Å²) in [5, 5.41) is 9.93. The summed E-state index contributed by atoms with van der Waals surface area (Å²) in [6.45, 7) is 0. The lowest BCUT2D eigenvalue weighted by molar-refractivity contribution is 0.0827. The monoisotopic (exact) mass is 431 g/mol. The average molecular weight is 431 g/mol. The number of carbonyl (C=O) groups is 2. The Morgan fingerprint density at radius 3 is 2.21 bits per heavy atom. The van der Waals surface area contributed by atoms with E-state index in [1.165, 1.54) is 29.2 Å². The Morgan fingerprint density at radius 1 is 0.931 bits per heavy atom. The molecule has 0 fully saturated rings. The fraction of sp³-hybridized carbons (Fsp3) is 0.111. The largest absolute Gasteiger partial charge is 0.345 e. The maximum atomic E-state index is 12.5. The zero-order chi connectivity index (χ0) is 21.0. The molecule has 2 N–H and O–H groups in total. The molecule has 2 amide bonds. The molecule has 0 saturated heterocycles. The standard InChI is InChI=1S/C18H17N5O4S2/c1-23(2)16(25)13-8-10-14(11-9-13)22-29(26,27)18-21-20-17(28-18)19-15(24)12-6-4-3-5-7-12/h3-11,22H,1-2H3,(H,19,20,24). The predicted molar refractivity (Wildman–Crippen MR) is 110 cm³/mol. The van der Waals surface area contributed by atoms with Crippen LogP contribution in [-0.2, 0) is 10.0 Å². The number of nitrogens with one attached hydrogen (secondary N) is 2. The smallest absolute Gasteiger partial charge is 0.291 e. The quantitative estimate of drug-likeness (QED) is 0.578. The summed E-state index contributed by atoms with van der Waals surface area (Å²) in [6.07, 6.45) is 0. The SMILES string of the molecule is CN(C)C(=O)c1ccc(NS(=O)(=O)c2nnc(NC(=O)c3ccccc3)s2)cc1. The van der Waals surface area contributed by atoms with Crippen LogP contribution in [-0.4, -0.2) is 49.4 Å². The molecular formula is C18H17N5O4S2. The minimum atomic E-state index is -3.99. The molecule has 3 rings (SSSR count). The highest BCUT2D eigenvalue weighted by Gasteiger charge is 2.21. The summed E-state index contributed by atoms with van der Waals surface area (Å²) in [4.78, 5) is 25.4. The van der Waals surface area contributed by atoms with Crippen LogP contribution in [0.4, 0.5) is 10.8 Å². The van der Waals surface area contributed by atoms with Gasteiger partial charge in [0.05, 0.1) is 0 Å².